The Bertz CT molecular complexity index is 585. The Balaban J connectivity index is 1.89. The number of benzene rings is 1. The number of aromatic nitrogens is 1. The Kier molecular flexibility index (Phi) is 3.40. The van der Waals surface area contributed by atoms with E-state index in [1.807, 2.05) is 12.1 Å². The van der Waals surface area contributed by atoms with Crippen molar-refractivity contribution in [2.24, 2.45) is 5.73 Å². The summed E-state index contributed by atoms with van der Waals surface area (Å²) in [5.74, 6) is 0. The van der Waals surface area contributed by atoms with Gasteiger partial charge in [0.15, 0.2) is 0 Å². The van der Waals surface area contributed by atoms with Crippen LogP contribution in [0.25, 0.3) is 0 Å². The molecule has 1 unspecified atom stereocenters. The van der Waals surface area contributed by atoms with E-state index in [9.17, 15) is 0 Å². The van der Waals surface area contributed by atoms with E-state index in [1.54, 1.807) is 6.20 Å². The Morgan fingerprint density at radius 2 is 2.16 bits per heavy atom. The summed E-state index contributed by atoms with van der Waals surface area (Å²) in [5.41, 5.74) is 9.90. The second kappa shape index (κ2) is 5.19. The van der Waals surface area contributed by atoms with Gasteiger partial charge in [-0.1, -0.05) is 29.8 Å². The van der Waals surface area contributed by atoms with Crippen molar-refractivity contribution in [1.82, 2.24) is 4.98 Å². The number of hydrogen-bond acceptors (Lipinski definition) is 3. The maximum atomic E-state index is 6.14. The predicted molar refractivity (Wildman–Crippen MR) is 78.4 cm³/mol. The average molecular weight is 274 g/mol. The van der Waals surface area contributed by atoms with Crippen LogP contribution >= 0.6 is 11.6 Å². The minimum absolute atomic E-state index is 0.187. The van der Waals surface area contributed by atoms with E-state index in [2.05, 4.69) is 34.1 Å². The highest BCUT2D eigenvalue weighted by Crippen LogP contribution is 2.27. The van der Waals surface area contributed by atoms with Crippen molar-refractivity contribution in [3.05, 3.63) is 58.9 Å². The molecule has 1 atom stereocenters. The number of nitrogens with zero attached hydrogens (tertiary/aromatic N) is 2. The van der Waals surface area contributed by atoms with E-state index >= 15 is 0 Å². The molecule has 3 rings (SSSR count). The summed E-state index contributed by atoms with van der Waals surface area (Å²) >= 11 is 5.94. The number of halogens is 1. The molecule has 4 heteroatoms. The lowest BCUT2D eigenvalue weighted by atomic mass is 9.98. The minimum Gasteiger partial charge on any atom is -0.365 e. The Labute approximate surface area is 118 Å². The van der Waals surface area contributed by atoms with Crippen LogP contribution in [0.4, 0.5) is 5.69 Å². The number of para-hydroxylation sites is 1. The van der Waals surface area contributed by atoms with Gasteiger partial charge >= 0.3 is 0 Å². The molecule has 2 aromatic rings. The van der Waals surface area contributed by atoms with Crippen LogP contribution in [0.5, 0.6) is 0 Å². The summed E-state index contributed by atoms with van der Waals surface area (Å²) in [6.45, 7) is 1.68. The van der Waals surface area contributed by atoms with Gasteiger partial charge in [0.1, 0.15) is 5.15 Å². The standard InChI is InChI=1S/C15H16ClN3/c16-15-7-11(5-6-18-15)9-19-10-13(17)8-12-3-1-2-4-14(12)19/h1-7,13H,8-10,17H2. The molecule has 0 radical (unpaired) electrons. The van der Waals surface area contributed by atoms with Gasteiger partial charge in [-0.2, -0.15) is 0 Å². The van der Waals surface area contributed by atoms with Crippen LogP contribution in [0.3, 0.4) is 0 Å². The van der Waals surface area contributed by atoms with Gasteiger partial charge in [0.05, 0.1) is 0 Å². The molecule has 1 aromatic carbocycles. The van der Waals surface area contributed by atoms with Crippen LogP contribution in [-0.4, -0.2) is 17.6 Å². The molecule has 2 heterocycles. The maximum Gasteiger partial charge on any atom is 0.129 e. The van der Waals surface area contributed by atoms with Crippen molar-refractivity contribution in [3.8, 4) is 0 Å². The van der Waals surface area contributed by atoms with Crippen molar-refractivity contribution in [1.29, 1.82) is 0 Å². The van der Waals surface area contributed by atoms with E-state index in [-0.39, 0.29) is 6.04 Å². The summed E-state index contributed by atoms with van der Waals surface area (Å²) < 4.78 is 0. The van der Waals surface area contributed by atoms with Crippen LogP contribution in [-0.2, 0) is 13.0 Å². The Morgan fingerprint density at radius 1 is 1.32 bits per heavy atom. The summed E-state index contributed by atoms with van der Waals surface area (Å²) in [6, 6.07) is 12.5. The molecule has 1 aromatic heterocycles. The molecule has 19 heavy (non-hydrogen) atoms. The third-order valence-corrected chi connectivity index (χ3v) is 3.64. The fourth-order valence-electron chi connectivity index (χ4n) is 2.63. The number of nitrogens with two attached hydrogens (primary N) is 1. The van der Waals surface area contributed by atoms with Crippen LogP contribution in [0.2, 0.25) is 5.15 Å². The molecule has 0 bridgehead atoms. The molecule has 0 aliphatic carbocycles. The highest BCUT2D eigenvalue weighted by Gasteiger charge is 2.21. The first-order valence-corrected chi connectivity index (χ1v) is 6.79. The highest BCUT2D eigenvalue weighted by atomic mass is 35.5. The Hall–Kier alpha value is -1.58. The first-order chi connectivity index (χ1) is 9.22. The molecule has 2 N–H and O–H groups in total. The molecule has 0 saturated carbocycles. The largest absolute Gasteiger partial charge is 0.365 e. The van der Waals surface area contributed by atoms with E-state index in [1.165, 1.54) is 11.3 Å². The molecule has 0 amide bonds. The number of fused-ring (bicyclic) bond motifs is 1. The fourth-order valence-corrected chi connectivity index (χ4v) is 2.83. The molecule has 0 spiro atoms. The molecule has 0 fully saturated rings. The fraction of sp³-hybridized carbons (Fsp3) is 0.267. The van der Waals surface area contributed by atoms with Crippen molar-refractivity contribution < 1.29 is 0 Å². The topological polar surface area (TPSA) is 42.1 Å². The second-order valence-corrected chi connectivity index (χ2v) is 5.35. The highest BCUT2D eigenvalue weighted by molar-refractivity contribution is 6.29. The zero-order chi connectivity index (χ0) is 13.2. The van der Waals surface area contributed by atoms with Gasteiger partial charge in [0.25, 0.3) is 0 Å². The van der Waals surface area contributed by atoms with Crippen molar-refractivity contribution in [2.45, 2.75) is 19.0 Å². The monoisotopic (exact) mass is 273 g/mol. The van der Waals surface area contributed by atoms with Crippen molar-refractivity contribution in [2.75, 3.05) is 11.4 Å². The smallest absolute Gasteiger partial charge is 0.129 e. The van der Waals surface area contributed by atoms with Crippen LogP contribution < -0.4 is 10.6 Å². The van der Waals surface area contributed by atoms with Crippen LogP contribution in [0.1, 0.15) is 11.1 Å². The summed E-state index contributed by atoms with van der Waals surface area (Å²) in [5, 5.41) is 0.534. The van der Waals surface area contributed by atoms with Gasteiger partial charge in [-0.3, -0.25) is 0 Å². The van der Waals surface area contributed by atoms with Gasteiger partial charge in [-0.05, 0) is 35.7 Å². The third-order valence-electron chi connectivity index (χ3n) is 3.43. The van der Waals surface area contributed by atoms with Gasteiger partial charge in [0.2, 0.25) is 0 Å². The second-order valence-electron chi connectivity index (χ2n) is 4.96. The summed E-state index contributed by atoms with van der Waals surface area (Å²) in [4.78, 5) is 6.33. The lowest BCUT2D eigenvalue weighted by Crippen LogP contribution is -2.42. The Morgan fingerprint density at radius 3 is 3.00 bits per heavy atom. The molecule has 1 aliphatic heterocycles. The molecule has 1 aliphatic rings. The quantitative estimate of drug-likeness (QED) is 0.856. The van der Waals surface area contributed by atoms with E-state index in [0.717, 1.165) is 25.1 Å². The SMILES string of the molecule is NC1Cc2ccccc2N(Cc2ccnc(Cl)c2)C1. The normalized spacial score (nSPS) is 18.2. The van der Waals surface area contributed by atoms with Gasteiger partial charge in [-0.15, -0.1) is 0 Å². The average Bonchev–Trinajstić information content (AvgIpc) is 2.38. The van der Waals surface area contributed by atoms with Crippen LogP contribution in [0, 0.1) is 0 Å². The number of pyridine rings is 1. The summed E-state index contributed by atoms with van der Waals surface area (Å²) in [7, 11) is 0. The molecular weight excluding hydrogens is 258 g/mol. The zero-order valence-electron chi connectivity index (χ0n) is 10.6. The van der Waals surface area contributed by atoms with Crippen LogP contribution in [0.15, 0.2) is 42.6 Å². The van der Waals surface area contributed by atoms with E-state index < -0.39 is 0 Å². The van der Waals surface area contributed by atoms with Gasteiger partial charge in [0, 0.05) is 31.0 Å². The van der Waals surface area contributed by atoms with Gasteiger partial charge in [-0.25, -0.2) is 4.98 Å². The molecular formula is C15H16ClN3. The lowest BCUT2D eigenvalue weighted by Gasteiger charge is -2.34. The number of anilines is 1. The number of rotatable bonds is 2. The lowest BCUT2D eigenvalue weighted by molar-refractivity contribution is 0.598. The zero-order valence-corrected chi connectivity index (χ0v) is 11.3. The molecule has 0 saturated heterocycles. The van der Waals surface area contributed by atoms with E-state index in [0.29, 0.717) is 5.15 Å². The minimum atomic E-state index is 0.187. The number of hydrogen-bond donors (Lipinski definition) is 1. The molecule has 3 nitrogen and oxygen atoms in total. The van der Waals surface area contributed by atoms with Gasteiger partial charge < -0.3 is 10.6 Å². The third kappa shape index (κ3) is 2.72. The maximum absolute atomic E-state index is 6.14. The van der Waals surface area contributed by atoms with Crippen molar-refractivity contribution in [3.63, 3.8) is 0 Å². The van der Waals surface area contributed by atoms with Crippen molar-refractivity contribution >= 4 is 17.3 Å². The van der Waals surface area contributed by atoms with E-state index in [4.69, 9.17) is 17.3 Å². The summed E-state index contributed by atoms with van der Waals surface area (Å²) in [6.07, 6.45) is 2.69. The first kappa shape index (κ1) is 12.5. The molecule has 98 valence electrons. The first-order valence-electron chi connectivity index (χ1n) is 6.41. The predicted octanol–water partition coefficient (Wildman–Crippen LogP) is 2.63.